The van der Waals surface area contributed by atoms with Crippen LogP contribution in [0.25, 0.3) is 0 Å². The Morgan fingerprint density at radius 1 is 1.40 bits per heavy atom. The van der Waals surface area contributed by atoms with Crippen LogP contribution in [0, 0.1) is 11.6 Å². The summed E-state index contributed by atoms with van der Waals surface area (Å²) in [5.74, 6) is -1.32. The summed E-state index contributed by atoms with van der Waals surface area (Å²) < 4.78 is 31.9. The summed E-state index contributed by atoms with van der Waals surface area (Å²) in [4.78, 5) is 11.4. The van der Waals surface area contributed by atoms with E-state index < -0.39 is 17.6 Å². The molecule has 1 aromatic rings. The van der Waals surface area contributed by atoms with Gasteiger partial charge in [-0.15, -0.1) is 0 Å². The van der Waals surface area contributed by atoms with Crippen LogP contribution in [-0.2, 0) is 4.74 Å². The number of benzene rings is 1. The molecule has 1 fully saturated rings. The first-order valence-corrected chi connectivity index (χ1v) is 7.53. The van der Waals surface area contributed by atoms with Crippen molar-refractivity contribution in [2.24, 2.45) is 0 Å². The zero-order valence-corrected chi connectivity index (χ0v) is 12.2. The third-order valence-electron chi connectivity index (χ3n) is 3.41. The lowest BCUT2D eigenvalue weighted by atomic mass is 10.1. The standard InChI is InChI=1S/C14H17F2NO2S/c1-8-12(4-3-5-20-8)17-13-6-9(14(18)19-2)10(15)7-11(13)16/h6-8,12,17H,3-5H2,1-2H3. The van der Waals surface area contributed by atoms with Gasteiger partial charge in [0.2, 0.25) is 0 Å². The van der Waals surface area contributed by atoms with Gasteiger partial charge in [0.05, 0.1) is 18.4 Å². The molecule has 110 valence electrons. The number of carbonyl (C=O) groups is 1. The predicted molar refractivity (Wildman–Crippen MR) is 76.3 cm³/mol. The molecule has 1 aliphatic rings. The van der Waals surface area contributed by atoms with Crippen molar-refractivity contribution >= 4 is 23.4 Å². The molecule has 2 unspecified atom stereocenters. The van der Waals surface area contributed by atoms with Crippen LogP contribution in [0.4, 0.5) is 14.5 Å². The summed E-state index contributed by atoms with van der Waals surface area (Å²) in [5.41, 5.74) is -0.112. The molecule has 2 atom stereocenters. The van der Waals surface area contributed by atoms with Crippen molar-refractivity contribution in [1.82, 2.24) is 0 Å². The highest BCUT2D eigenvalue weighted by molar-refractivity contribution is 8.00. The van der Waals surface area contributed by atoms with Gasteiger partial charge in [0.15, 0.2) is 0 Å². The molecule has 0 amide bonds. The molecular formula is C14H17F2NO2S. The number of hydrogen-bond donors (Lipinski definition) is 1. The van der Waals surface area contributed by atoms with Gasteiger partial charge in [0, 0.05) is 17.4 Å². The molecule has 0 spiro atoms. The molecule has 1 heterocycles. The molecule has 2 rings (SSSR count). The Kier molecular flexibility index (Phi) is 4.86. The van der Waals surface area contributed by atoms with E-state index in [2.05, 4.69) is 17.0 Å². The molecule has 0 aromatic heterocycles. The van der Waals surface area contributed by atoms with E-state index in [0.717, 1.165) is 31.8 Å². The number of ether oxygens (including phenoxy) is 1. The first-order chi connectivity index (χ1) is 9.52. The lowest BCUT2D eigenvalue weighted by Crippen LogP contribution is -2.33. The second-order valence-corrected chi connectivity index (χ2v) is 6.26. The van der Waals surface area contributed by atoms with E-state index in [1.165, 1.54) is 6.07 Å². The smallest absolute Gasteiger partial charge is 0.340 e. The number of carbonyl (C=O) groups excluding carboxylic acids is 1. The summed E-state index contributed by atoms with van der Waals surface area (Å²) in [6.45, 7) is 2.07. The van der Waals surface area contributed by atoms with E-state index in [-0.39, 0.29) is 17.3 Å². The third-order valence-corrected chi connectivity index (χ3v) is 4.79. The average Bonchev–Trinajstić information content (AvgIpc) is 2.43. The topological polar surface area (TPSA) is 38.3 Å². The van der Waals surface area contributed by atoms with E-state index in [9.17, 15) is 13.6 Å². The van der Waals surface area contributed by atoms with Crippen LogP contribution in [-0.4, -0.2) is 30.1 Å². The van der Waals surface area contributed by atoms with Crippen LogP contribution in [0.5, 0.6) is 0 Å². The Morgan fingerprint density at radius 2 is 2.15 bits per heavy atom. The maximum Gasteiger partial charge on any atom is 0.340 e. The summed E-state index contributed by atoms with van der Waals surface area (Å²) in [6, 6.07) is 2.01. The second kappa shape index (κ2) is 6.43. The number of anilines is 1. The summed E-state index contributed by atoms with van der Waals surface area (Å²) in [5, 5.41) is 3.42. The Hall–Kier alpha value is -1.30. The molecule has 1 aromatic carbocycles. The van der Waals surface area contributed by atoms with Crippen molar-refractivity contribution in [3.05, 3.63) is 29.3 Å². The number of thioether (sulfide) groups is 1. The first kappa shape index (κ1) is 15.1. The molecular weight excluding hydrogens is 284 g/mol. The molecule has 1 aliphatic heterocycles. The van der Waals surface area contributed by atoms with Gasteiger partial charge in [-0.25, -0.2) is 13.6 Å². The van der Waals surface area contributed by atoms with Crippen molar-refractivity contribution in [2.75, 3.05) is 18.2 Å². The van der Waals surface area contributed by atoms with E-state index in [1.54, 1.807) is 0 Å². The number of esters is 1. The van der Waals surface area contributed by atoms with Crippen molar-refractivity contribution < 1.29 is 18.3 Å². The number of halogens is 2. The predicted octanol–water partition coefficient (Wildman–Crippen LogP) is 3.45. The van der Waals surface area contributed by atoms with Gasteiger partial charge < -0.3 is 10.1 Å². The van der Waals surface area contributed by atoms with Crippen LogP contribution in [0.3, 0.4) is 0 Å². The first-order valence-electron chi connectivity index (χ1n) is 6.48. The minimum absolute atomic E-state index is 0.110. The highest BCUT2D eigenvalue weighted by Crippen LogP contribution is 2.29. The maximum atomic E-state index is 13.8. The molecule has 0 saturated carbocycles. The Balaban J connectivity index is 2.24. The molecule has 6 heteroatoms. The van der Waals surface area contributed by atoms with Crippen molar-refractivity contribution in [3.63, 3.8) is 0 Å². The zero-order valence-electron chi connectivity index (χ0n) is 11.4. The van der Waals surface area contributed by atoms with Crippen LogP contribution in [0.2, 0.25) is 0 Å². The molecule has 0 aliphatic carbocycles. The Bertz CT molecular complexity index is 510. The molecule has 0 bridgehead atoms. The van der Waals surface area contributed by atoms with Crippen LogP contribution in [0.1, 0.15) is 30.1 Å². The minimum Gasteiger partial charge on any atom is -0.465 e. The van der Waals surface area contributed by atoms with Gasteiger partial charge in [-0.2, -0.15) is 11.8 Å². The van der Waals surface area contributed by atoms with Crippen molar-refractivity contribution in [3.8, 4) is 0 Å². The van der Waals surface area contributed by atoms with Gasteiger partial charge in [0.1, 0.15) is 11.6 Å². The minimum atomic E-state index is -0.911. The molecule has 0 radical (unpaired) electrons. The Morgan fingerprint density at radius 3 is 2.80 bits per heavy atom. The second-order valence-electron chi connectivity index (χ2n) is 4.77. The molecule has 3 nitrogen and oxygen atoms in total. The van der Waals surface area contributed by atoms with Crippen molar-refractivity contribution in [2.45, 2.75) is 31.1 Å². The Labute approximate surface area is 121 Å². The zero-order chi connectivity index (χ0) is 14.7. The average molecular weight is 301 g/mol. The fourth-order valence-electron chi connectivity index (χ4n) is 2.24. The highest BCUT2D eigenvalue weighted by atomic mass is 32.2. The fraction of sp³-hybridized carbons (Fsp3) is 0.500. The summed E-state index contributed by atoms with van der Waals surface area (Å²) in [7, 11) is 1.16. The van der Waals surface area contributed by atoms with E-state index >= 15 is 0 Å². The van der Waals surface area contributed by atoms with Gasteiger partial charge in [0.25, 0.3) is 0 Å². The number of hydrogen-bond acceptors (Lipinski definition) is 4. The quantitative estimate of drug-likeness (QED) is 0.868. The summed E-state index contributed by atoms with van der Waals surface area (Å²) in [6.07, 6.45) is 1.98. The van der Waals surface area contributed by atoms with Crippen LogP contribution in [0.15, 0.2) is 12.1 Å². The lowest BCUT2D eigenvalue weighted by Gasteiger charge is -2.30. The van der Waals surface area contributed by atoms with Gasteiger partial charge in [-0.1, -0.05) is 6.92 Å². The maximum absolute atomic E-state index is 13.8. The van der Waals surface area contributed by atoms with Gasteiger partial charge >= 0.3 is 5.97 Å². The van der Waals surface area contributed by atoms with Gasteiger partial charge in [-0.05, 0) is 24.7 Å². The van der Waals surface area contributed by atoms with E-state index in [1.807, 2.05) is 11.8 Å². The largest absolute Gasteiger partial charge is 0.465 e. The molecule has 1 N–H and O–H groups in total. The van der Waals surface area contributed by atoms with E-state index in [0.29, 0.717) is 5.25 Å². The van der Waals surface area contributed by atoms with Crippen LogP contribution >= 0.6 is 11.8 Å². The monoisotopic (exact) mass is 301 g/mol. The summed E-state index contributed by atoms with van der Waals surface area (Å²) >= 11 is 1.82. The van der Waals surface area contributed by atoms with Crippen LogP contribution < -0.4 is 5.32 Å². The third kappa shape index (κ3) is 3.23. The fourth-order valence-corrected chi connectivity index (χ4v) is 3.38. The van der Waals surface area contributed by atoms with Crippen molar-refractivity contribution in [1.29, 1.82) is 0 Å². The lowest BCUT2D eigenvalue weighted by molar-refractivity contribution is 0.0595. The SMILES string of the molecule is COC(=O)c1cc(NC2CCCSC2C)c(F)cc1F. The highest BCUT2D eigenvalue weighted by Gasteiger charge is 2.24. The normalized spacial score (nSPS) is 22.4. The van der Waals surface area contributed by atoms with Gasteiger partial charge in [-0.3, -0.25) is 0 Å². The number of rotatable bonds is 3. The molecule has 20 heavy (non-hydrogen) atoms. The number of nitrogens with one attached hydrogen (secondary N) is 1. The van der Waals surface area contributed by atoms with E-state index in [4.69, 9.17) is 0 Å². The molecule has 1 saturated heterocycles. The number of methoxy groups -OCH3 is 1.